The van der Waals surface area contributed by atoms with Gasteiger partial charge in [0.25, 0.3) is 0 Å². The highest BCUT2D eigenvalue weighted by molar-refractivity contribution is 6.32. The maximum absolute atomic E-state index is 11.0. The number of para-hydroxylation sites is 1. The van der Waals surface area contributed by atoms with Crippen LogP contribution in [-0.2, 0) is 6.54 Å². The van der Waals surface area contributed by atoms with Gasteiger partial charge in [-0.1, -0.05) is 29.8 Å². The molecule has 0 fully saturated rings. The van der Waals surface area contributed by atoms with E-state index in [1.807, 2.05) is 24.3 Å². The molecule has 0 amide bonds. The summed E-state index contributed by atoms with van der Waals surface area (Å²) in [4.78, 5) is 18.7. The Balaban J connectivity index is 2.19. The molecule has 2 rings (SSSR count). The monoisotopic (exact) mass is 277 g/mol. The molecule has 1 N–H and O–H groups in total. The van der Waals surface area contributed by atoms with Crippen molar-refractivity contribution in [3.05, 3.63) is 46.9 Å². The Bertz CT molecular complexity index is 590. The second kappa shape index (κ2) is 6.15. The quantitative estimate of drug-likeness (QED) is 0.672. The maximum atomic E-state index is 11.0. The number of benzene rings is 1. The summed E-state index contributed by atoms with van der Waals surface area (Å²) in [5.41, 5.74) is 1.20. The van der Waals surface area contributed by atoms with E-state index in [1.54, 1.807) is 7.11 Å². The van der Waals surface area contributed by atoms with Crippen molar-refractivity contribution in [2.45, 2.75) is 6.54 Å². The summed E-state index contributed by atoms with van der Waals surface area (Å²) >= 11 is 5.82. The number of rotatable bonds is 5. The summed E-state index contributed by atoms with van der Waals surface area (Å²) in [5.74, 6) is 1.17. The van der Waals surface area contributed by atoms with Crippen LogP contribution in [0.25, 0.3) is 0 Å². The highest BCUT2D eigenvalue weighted by Crippen LogP contribution is 2.21. The lowest BCUT2D eigenvalue weighted by Gasteiger charge is -2.11. The Hall–Kier alpha value is -2.14. The van der Waals surface area contributed by atoms with Crippen LogP contribution in [0, 0.1) is 0 Å². The van der Waals surface area contributed by atoms with E-state index in [1.165, 1.54) is 6.33 Å². The van der Waals surface area contributed by atoms with Gasteiger partial charge in [-0.3, -0.25) is 4.79 Å². The van der Waals surface area contributed by atoms with Crippen molar-refractivity contribution in [1.82, 2.24) is 9.97 Å². The number of aldehydes is 1. The zero-order valence-corrected chi connectivity index (χ0v) is 11.0. The Morgan fingerprint density at radius 3 is 2.89 bits per heavy atom. The number of hydrogen-bond acceptors (Lipinski definition) is 5. The molecule has 19 heavy (non-hydrogen) atoms. The average Bonchev–Trinajstić information content (AvgIpc) is 2.45. The first-order valence-corrected chi connectivity index (χ1v) is 5.95. The summed E-state index contributed by atoms with van der Waals surface area (Å²) in [7, 11) is 1.61. The van der Waals surface area contributed by atoms with Crippen LogP contribution in [0.4, 0.5) is 5.82 Å². The largest absolute Gasteiger partial charge is 0.496 e. The van der Waals surface area contributed by atoms with E-state index in [9.17, 15) is 4.79 Å². The van der Waals surface area contributed by atoms with E-state index in [0.29, 0.717) is 18.6 Å². The third-order valence-corrected chi connectivity index (χ3v) is 2.89. The van der Waals surface area contributed by atoms with Gasteiger partial charge in [0, 0.05) is 12.1 Å². The summed E-state index contributed by atoms with van der Waals surface area (Å²) in [5, 5.41) is 3.18. The van der Waals surface area contributed by atoms with Crippen LogP contribution >= 0.6 is 11.6 Å². The first-order chi connectivity index (χ1) is 9.26. The van der Waals surface area contributed by atoms with Crippen molar-refractivity contribution in [3.8, 4) is 5.75 Å². The zero-order chi connectivity index (χ0) is 13.7. The second-order valence-electron chi connectivity index (χ2n) is 3.71. The average molecular weight is 278 g/mol. The molecule has 0 aliphatic rings. The van der Waals surface area contributed by atoms with E-state index >= 15 is 0 Å². The molecule has 1 aromatic heterocycles. The Morgan fingerprint density at radius 2 is 2.16 bits per heavy atom. The predicted octanol–water partition coefficient (Wildman–Crippen LogP) is 2.56. The van der Waals surface area contributed by atoms with Crippen molar-refractivity contribution in [1.29, 1.82) is 0 Å². The number of aromatic nitrogens is 2. The third kappa shape index (κ3) is 3.00. The van der Waals surface area contributed by atoms with Gasteiger partial charge in [-0.2, -0.15) is 0 Å². The van der Waals surface area contributed by atoms with Crippen LogP contribution in [0.15, 0.2) is 30.6 Å². The Kier molecular flexibility index (Phi) is 4.30. The molecule has 0 radical (unpaired) electrons. The van der Waals surface area contributed by atoms with Crippen LogP contribution in [0.2, 0.25) is 5.15 Å². The lowest BCUT2D eigenvalue weighted by atomic mass is 10.2. The van der Waals surface area contributed by atoms with Gasteiger partial charge in [0.05, 0.1) is 12.7 Å². The first-order valence-electron chi connectivity index (χ1n) is 5.57. The van der Waals surface area contributed by atoms with Gasteiger partial charge in [0.1, 0.15) is 23.0 Å². The highest BCUT2D eigenvalue weighted by atomic mass is 35.5. The Morgan fingerprint density at radius 1 is 1.37 bits per heavy atom. The molecular weight excluding hydrogens is 266 g/mol. The standard InChI is InChI=1S/C13H12ClN3O2/c1-19-11-5-3-2-4-9(11)6-15-13-10(7-18)12(14)16-8-17-13/h2-5,7-8H,6H2,1H3,(H,15,16,17). The minimum atomic E-state index is 0.132. The van der Waals surface area contributed by atoms with Crippen molar-refractivity contribution < 1.29 is 9.53 Å². The highest BCUT2D eigenvalue weighted by Gasteiger charge is 2.09. The minimum absolute atomic E-state index is 0.132. The van der Waals surface area contributed by atoms with Gasteiger partial charge in [-0.05, 0) is 6.07 Å². The molecule has 0 saturated carbocycles. The molecule has 0 spiro atoms. The van der Waals surface area contributed by atoms with Gasteiger partial charge in [0.15, 0.2) is 6.29 Å². The summed E-state index contributed by atoms with van der Waals surface area (Å²) in [6, 6.07) is 7.59. The zero-order valence-electron chi connectivity index (χ0n) is 10.3. The molecule has 0 unspecified atom stereocenters. The van der Waals surface area contributed by atoms with E-state index in [2.05, 4.69) is 15.3 Å². The van der Waals surface area contributed by atoms with E-state index in [4.69, 9.17) is 16.3 Å². The molecule has 6 heteroatoms. The normalized spacial score (nSPS) is 10.0. The fraction of sp³-hybridized carbons (Fsp3) is 0.154. The molecule has 0 aliphatic heterocycles. The Labute approximate surface area is 115 Å². The first kappa shape index (κ1) is 13.3. The molecule has 0 aliphatic carbocycles. The number of nitrogens with one attached hydrogen (secondary N) is 1. The number of anilines is 1. The summed E-state index contributed by atoms with van der Waals surface area (Å²) < 4.78 is 5.25. The van der Waals surface area contributed by atoms with Gasteiger partial charge in [-0.15, -0.1) is 0 Å². The lowest BCUT2D eigenvalue weighted by molar-refractivity contribution is 0.112. The fourth-order valence-corrected chi connectivity index (χ4v) is 1.83. The number of halogens is 1. The van der Waals surface area contributed by atoms with Gasteiger partial charge >= 0.3 is 0 Å². The number of hydrogen-bond donors (Lipinski definition) is 1. The van der Waals surface area contributed by atoms with E-state index in [-0.39, 0.29) is 10.7 Å². The van der Waals surface area contributed by atoms with Crippen LogP contribution in [0.3, 0.4) is 0 Å². The van der Waals surface area contributed by atoms with E-state index in [0.717, 1.165) is 11.3 Å². The molecule has 1 heterocycles. The number of carbonyl (C=O) groups is 1. The number of nitrogens with zero attached hydrogens (tertiary/aromatic N) is 2. The van der Waals surface area contributed by atoms with Crippen LogP contribution in [-0.4, -0.2) is 23.4 Å². The molecule has 0 bridgehead atoms. The summed E-state index contributed by atoms with van der Waals surface area (Å²) in [6.45, 7) is 0.470. The number of ether oxygens (including phenoxy) is 1. The van der Waals surface area contributed by atoms with Gasteiger partial charge in [0.2, 0.25) is 0 Å². The second-order valence-corrected chi connectivity index (χ2v) is 4.07. The van der Waals surface area contributed by atoms with Crippen molar-refractivity contribution >= 4 is 23.7 Å². The number of carbonyl (C=O) groups excluding carboxylic acids is 1. The molecule has 2 aromatic rings. The van der Waals surface area contributed by atoms with Crippen LogP contribution in [0.5, 0.6) is 5.75 Å². The molecule has 1 aromatic carbocycles. The summed E-state index contributed by atoms with van der Waals surface area (Å²) in [6.07, 6.45) is 1.94. The van der Waals surface area contributed by atoms with Crippen molar-refractivity contribution in [3.63, 3.8) is 0 Å². The minimum Gasteiger partial charge on any atom is -0.496 e. The van der Waals surface area contributed by atoms with E-state index < -0.39 is 0 Å². The maximum Gasteiger partial charge on any atom is 0.156 e. The molecule has 98 valence electrons. The molecule has 0 saturated heterocycles. The lowest BCUT2D eigenvalue weighted by Crippen LogP contribution is -2.06. The topological polar surface area (TPSA) is 64.1 Å². The third-order valence-electron chi connectivity index (χ3n) is 2.59. The van der Waals surface area contributed by atoms with Crippen molar-refractivity contribution in [2.75, 3.05) is 12.4 Å². The van der Waals surface area contributed by atoms with Gasteiger partial charge in [-0.25, -0.2) is 9.97 Å². The van der Waals surface area contributed by atoms with Crippen molar-refractivity contribution in [2.24, 2.45) is 0 Å². The molecule has 5 nitrogen and oxygen atoms in total. The van der Waals surface area contributed by atoms with Gasteiger partial charge < -0.3 is 10.1 Å². The SMILES string of the molecule is COc1ccccc1CNc1ncnc(Cl)c1C=O. The molecule has 0 atom stereocenters. The molecular formula is C13H12ClN3O2. The fourth-order valence-electron chi connectivity index (χ4n) is 1.65. The van der Waals surface area contributed by atoms with Crippen LogP contribution < -0.4 is 10.1 Å². The smallest absolute Gasteiger partial charge is 0.156 e. The number of methoxy groups -OCH3 is 1. The van der Waals surface area contributed by atoms with Crippen LogP contribution in [0.1, 0.15) is 15.9 Å². The predicted molar refractivity (Wildman–Crippen MR) is 72.8 cm³/mol.